The van der Waals surface area contributed by atoms with Gasteiger partial charge in [-0.05, 0) is 37.8 Å². The Hall–Kier alpha value is -3.01. The molecule has 0 radical (unpaired) electrons. The molecule has 1 aliphatic rings. The Morgan fingerprint density at radius 2 is 1.72 bits per heavy atom. The van der Waals surface area contributed by atoms with E-state index in [0.29, 0.717) is 17.6 Å². The van der Waals surface area contributed by atoms with Crippen molar-refractivity contribution in [3.05, 3.63) is 90.1 Å². The summed E-state index contributed by atoms with van der Waals surface area (Å²) in [4.78, 5) is 14.6. The van der Waals surface area contributed by atoms with Gasteiger partial charge in [0.15, 0.2) is 0 Å². The highest BCUT2D eigenvalue weighted by Crippen LogP contribution is 2.26. The first-order valence-electron chi connectivity index (χ1n) is 10.2. The largest absolute Gasteiger partial charge is 0.382 e. The molecule has 3 rings (SSSR count). The van der Waals surface area contributed by atoms with Gasteiger partial charge in [-0.15, -0.1) is 0 Å². The molecule has 2 aromatic rings. The topological polar surface area (TPSA) is 44.4 Å². The van der Waals surface area contributed by atoms with Crippen LogP contribution in [0.1, 0.15) is 41.3 Å². The van der Waals surface area contributed by atoms with Gasteiger partial charge in [-0.3, -0.25) is 4.79 Å². The SMILES string of the molecule is C=C(N[C@H]1CCN(C(=C)C)[C@@H](Cc2ccccc2)C1)c1ccccc1C(=O)NC. The number of likely N-dealkylation sites (tertiary alicyclic amines) is 1. The minimum absolute atomic E-state index is 0.0948. The standard InChI is InChI=1S/C25H31N3O/c1-18(2)28-15-14-21(17-22(28)16-20-10-6-5-7-11-20)27-19(3)23-12-8-9-13-24(23)25(29)26-4/h5-13,21-22,27H,1,3,14-17H2,2,4H3,(H,26,29)/t21-,22-/m0/s1. The second-order valence-electron chi connectivity index (χ2n) is 7.74. The van der Waals surface area contributed by atoms with Crippen molar-refractivity contribution in [2.75, 3.05) is 13.6 Å². The van der Waals surface area contributed by atoms with Crippen molar-refractivity contribution in [1.82, 2.24) is 15.5 Å². The molecule has 0 bridgehead atoms. The molecule has 2 aromatic carbocycles. The van der Waals surface area contributed by atoms with E-state index in [0.717, 1.165) is 42.8 Å². The summed E-state index contributed by atoms with van der Waals surface area (Å²) in [5.74, 6) is -0.0948. The van der Waals surface area contributed by atoms with E-state index in [1.54, 1.807) is 7.05 Å². The Bertz CT molecular complexity index is 875. The Morgan fingerprint density at radius 1 is 1.07 bits per heavy atom. The lowest BCUT2D eigenvalue weighted by molar-refractivity contribution is 0.0962. The van der Waals surface area contributed by atoms with Crippen molar-refractivity contribution in [3.63, 3.8) is 0 Å². The number of hydrogen-bond acceptors (Lipinski definition) is 3. The van der Waals surface area contributed by atoms with Crippen molar-refractivity contribution >= 4 is 11.6 Å². The monoisotopic (exact) mass is 389 g/mol. The molecule has 0 aliphatic carbocycles. The molecule has 0 spiro atoms. The molecule has 1 saturated heterocycles. The smallest absolute Gasteiger partial charge is 0.251 e. The second-order valence-corrected chi connectivity index (χ2v) is 7.74. The van der Waals surface area contributed by atoms with E-state index >= 15 is 0 Å². The molecule has 2 atom stereocenters. The third-order valence-electron chi connectivity index (χ3n) is 5.62. The number of hydrogen-bond donors (Lipinski definition) is 2. The zero-order chi connectivity index (χ0) is 20.8. The third-order valence-corrected chi connectivity index (χ3v) is 5.62. The summed E-state index contributed by atoms with van der Waals surface area (Å²) in [6, 6.07) is 18.9. The van der Waals surface area contributed by atoms with Crippen LogP contribution in [-0.2, 0) is 6.42 Å². The van der Waals surface area contributed by atoms with Crippen LogP contribution in [0.5, 0.6) is 0 Å². The molecule has 0 saturated carbocycles. The van der Waals surface area contributed by atoms with Crippen LogP contribution in [0.2, 0.25) is 0 Å². The number of piperidine rings is 1. The first kappa shape index (κ1) is 20.7. The van der Waals surface area contributed by atoms with Crippen molar-refractivity contribution < 1.29 is 4.79 Å². The average Bonchev–Trinajstić information content (AvgIpc) is 2.74. The fraction of sp³-hybridized carbons (Fsp3) is 0.320. The van der Waals surface area contributed by atoms with Crippen LogP contribution in [-0.4, -0.2) is 36.5 Å². The highest BCUT2D eigenvalue weighted by molar-refractivity contribution is 5.98. The summed E-state index contributed by atoms with van der Waals surface area (Å²) < 4.78 is 0. The van der Waals surface area contributed by atoms with Gasteiger partial charge in [-0.1, -0.05) is 61.7 Å². The molecular formula is C25H31N3O. The Balaban J connectivity index is 1.72. The first-order valence-corrected chi connectivity index (χ1v) is 10.2. The van der Waals surface area contributed by atoms with Crippen molar-refractivity contribution in [2.24, 2.45) is 0 Å². The lowest BCUT2D eigenvalue weighted by atomic mass is 9.91. The van der Waals surface area contributed by atoms with Crippen LogP contribution in [0, 0.1) is 0 Å². The van der Waals surface area contributed by atoms with Gasteiger partial charge in [-0.25, -0.2) is 0 Å². The minimum atomic E-state index is -0.0948. The number of benzene rings is 2. The molecule has 0 unspecified atom stereocenters. The molecule has 2 N–H and O–H groups in total. The lowest BCUT2D eigenvalue weighted by Gasteiger charge is -2.42. The lowest BCUT2D eigenvalue weighted by Crippen LogP contribution is -2.48. The predicted octanol–water partition coefficient (Wildman–Crippen LogP) is 4.22. The van der Waals surface area contributed by atoms with E-state index in [4.69, 9.17) is 0 Å². The van der Waals surface area contributed by atoms with Gasteiger partial charge in [-0.2, -0.15) is 0 Å². The summed E-state index contributed by atoms with van der Waals surface area (Å²) in [6.07, 6.45) is 3.01. The number of nitrogens with zero attached hydrogens (tertiary/aromatic N) is 1. The molecule has 1 aliphatic heterocycles. The number of nitrogens with one attached hydrogen (secondary N) is 2. The molecule has 4 nitrogen and oxygen atoms in total. The van der Waals surface area contributed by atoms with Crippen molar-refractivity contribution in [2.45, 2.75) is 38.3 Å². The zero-order valence-corrected chi connectivity index (χ0v) is 17.4. The van der Waals surface area contributed by atoms with Crippen LogP contribution in [0.25, 0.3) is 5.70 Å². The maximum atomic E-state index is 12.2. The van der Waals surface area contributed by atoms with Gasteiger partial charge in [0.2, 0.25) is 0 Å². The minimum Gasteiger partial charge on any atom is -0.382 e. The quantitative estimate of drug-likeness (QED) is 0.745. The molecular weight excluding hydrogens is 358 g/mol. The molecule has 1 amide bonds. The maximum Gasteiger partial charge on any atom is 0.251 e. The average molecular weight is 390 g/mol. The van der Waals surface area contributed by atoms with Gasteiger partial charge in [0.1, 0.15) is 0 Å². The number of carbonyl (C=O) groups excluding carboxylic acids is 1. The van der Waals surface area contributed by atoms with E-state index in [-0.39, 0.29) is 5.91 Å². The number of amides is 1. The zero-order valence-electron chi connectivity index (χ0n) is 17.4. The Morgan fingerprint density at radius 3 is 2.38 bits per heavy atom. The van der Waals surface area contributed by atoms with E-state index < -0.39 is 0 Å². The molecule has 0 aromatic heterocycles. The fourth-order valence-electron chi connectivity index (χ4n) is 4.17. The van der Waals surface area contributed by atoms with Gasteiger partial charge in [0, 0.05) is 48.2 Å². The normalized spacial score (nSPS) is 18.8. The summed E-state index contributed by atoms with van der Waals surface area (Å²) in [6.45, 7) is 11.5. The third kappa shape index (κ3) is 5.08. The van der Waals surface area contributed by atoms with E-state index in [9.17, 15) is 4.79 Å². The van der Waals surface area contributed by atoms with Gasteiger partial charge in [0.05, 0.1) is 0 Å². The van der Waals surface area contributed by atoms with Crippen LogP contribution in [0.4, 0.5) is 0 Å². The van der Waals surface area contributed by atoms with Crippen LogP contribution in [0.15, 0.2) is 73.5 Å². The van der Waals surface area contributed by atoms with Gasteiger partial charge < -0.3 is 15.5 Å². The fourth-order valence-corrected chi connectivity index (χ4v) is 4.17. The number of carbonyl (C=O) groups is 1. The summed E-state index contributed by atoms with van der Waals surface area (Å²) in [5.41, 5.74) is 4.76. The highest BCUT2D eigenvalue weighted by Gasteiger charge is 2.29. The Labute approximate surface area is 174 Å². The number of allylic oxidation sites excluding steroid dienone is 1. The summed E-state index contributed by atoms with van der Waals surface area (Å²) in [7, 11) is 1.65. The van der Waals surface area contributed by atoms with Crippen LogP contribution in [0.3, 0.4) is 0 Å². The molecule has 1 fully saturated rings. The van der Waals surface area contributed by atoms with Crippen molar-refractivity contribution in [3.8, 4) is 0 Å². The molecule has 4 heteroatoms. The molecule has 29 heavy (non-hydrogen) atoms. The highest BCUT2D eigenvalue weighted by atomic mass is 16.1. The predicted molar refractivity (Wildman–Crippen MR) is 120 cm³/mol. The first-order chi connectivity index (χ1) is 14.0. The Kier molecular flexibility index (Phi) is 6.76. The van der Waals surface area contributed by atoms with Crippen LogP contribution < -0.4 is 10.6 Å². The molecule has 1 heterocycles. The van der Waals surface area contributed by atoms with Crippen LogP contribution >= 0.6 is 0 Å². The van der Waals surface area contributed by atoms with E-state index in [2.05, 4.69) is 65.9 Å². The van der Waals surface area contributed by atoms with E-state index in [1.807, 2.05) is 24.3 Å². The second kappa shape index (κ2) is 9.46. The van der Waals surface area contributed by atoms with Gasteiger partial charge in [0.25, 0.3) is 5.91 Å². The number of rotatable bonds is 7. The van der Waals surface area contributed by atoms with Crippen molar-refractivity contribution in [1.29, 1.82) is 0 Å². The maximum absolute atomic E-state index is 12.2. The summed E-state index contributed by atoms with van der Waals surface area (Å²) >= 11 is 0. The van der Waals surface area contributed by atoms with E-state index in [1.165, 1.54) is 5.56 Å². The van der Waals surface area contributed by atoms with Gasteiger partial charge >= 0.3 is 0 Å². The summed E-state index contributed by atoms with van der Waals surface area (Å²) in [5, 5.41) is 6.31. The molecule has 152 valence electrons.